The van der Waals surface area contributed by atoms with Crippen molar-refractivity contribution in [3.05, 3.63) is 59.7 Å². The van der Waals surface area contributed by atoms with Gasteiger partial charge in [0.05, 0.1) is 0 Å². The van der Waals surface area contributed by atoms with Crippen LogP contribution in [0.25, 0.3) is 0 Å². The summed E-state index contributed by atoms with van der Waals surface area (Å²) < 4.78 is 12.2. The summed E-state index contributed by atoms with van der Waals surface area (Å²) in [5.41, 5.74) is 3.16. The van der Waals surface area contributed by atoms with Crippen LogP contribution in [0.5, 0.6) is 0 Å². The Kier molecular flexibility index (Phi) is 6.07. The van der Waals surface area contributed by atoms with Gasteiger partial charge in [-0.1, -0.05) is 18.9 Å². The maximum Gasteiger partial charge on any atom is 0.211 e. The van der Waals surface area contributed by atoms with Gasteiger partial charge in [-0.05, 0) is 61.6 Å². The first kappa shape index (κ1) is 16.1. The molecular formula is C18H21FN2O. The Labute approximate surface area is 130 Å². The molecule has 1 N–H and O–H groups in total. The van der Waals surface area contributed by atoms with Gasteiger partial charge in [-0.3, -0.25) is 9.78 Å². The van der Waals surface area contributed by atoms with E-state index in [4.69, 9.17) is 0 Å². The number of hydrogen-bond donors (Lipinski definition) is 1. The van der Waals surface area contributed by atoms with E-state index in [2.05, 4.69) is 22.4 Å². The molecule has 4 heteroatoms. The van der Waals surface area contributed by atoms with Crippen LogP contribution in [-0.4, -0.2) is 11.4 Å². The lowest BCUT2D eigenvalue weighted by Crippen LogP contribution is -1.93. The monoisotopic (exact) mass is 300 g/mol. The van der Waals surface area contributed by atoms with Crippen LogP contribution >= 0.6 is 0 Å². The molecule has 0 spiro atoms. The number of halogens is 1. The molecule has 1 aromatic carbocycles. The van der Waals surface area contributed by atoms with Gasteiger partial charge in [0.2, 0.25) is 6.41 Å². The van der Waals surface area contributed by atoms with Gasteiger partial charge in [-0.2, -0.15) is 0 Å². The van der Waals surface area contributed by atoms with Gasteiger partial charge in [0.1, 0.15) is 5.82 Å². The Morgan fingerprint density at radius 1 is 1.14 bits per heavy atom. The summed E-state index contributed by atoms with van der Waals surface area (Å²) in [5, 5.41) is 2.39. The van der Waals surface area contributed by atoms with E-state index >= 15 is 0 Å². The van der Waals surface area contributed by atoms with E-state index in [0.717, 1.165) is 11.6 Å². The highest BCUT2D eigenvalue weighted by molar-refractivity contribution is 5.70. The molecule has 0 aliphatic heterocycles. The lowest BCUT2D eigenvalue weighted by Gasteiger charge is -2.07. The molecule has 1 aliphatic carbocycles. The average Bonchev–Trinajstić information content (AvgIpc) is 3.06. The van der Waals surface area contributed by atoms with E-state index in [1.54, 1.807) is 0 Å². The van der Waals surface area contributed by atoms with Crippen LogP contribution in [0.3, 0.4) is 0 Å². The maximum absolute atomic E-state index is 12.2. The molecule has 2 aromatic rings. The highest BCUT2D eigenvalue weighted by atomic mass is 19.1. The van der Waals surface area contributed by atoms with Crippen molar-refractivity contribution in [2.75, 3.05) is 5.32 Å². The fraction of sp³-hybridized carbons (Fsp3) is 0.333. The highest BCUT2D eigenvalue weighted by Gasteiger charge is 2.16. The Balaban J connectivity index is 0.000000164. The number of hydrogen-bond acceptors (Lipinski definition) is 2. The predicted molar refractivity (Wildman–Crippen MR) is 86.3 cm³/mol. The molecule has 1 heterocycles. The van der Waals surface area contributed by atoms with Gasteiger partial charge in [0.15, 0.2) is 0 Å². The zero-order valence-corrected chi connectivity index (χ0v) is 12.8. The summed E-state index contributed by atoms with van der Waals surface area (Å²) >= 11 is 0. The van der Waals surface area contributed by atoms with Crippen molar-refractivity contribution in [3.8, 4) is 0 Å². The first-order chi connectivity index (χ1) is 10.7. The van der Waals surface area contributed by atoms with Crippen LogP contribution in [0.4, 0.5) is 10.1 Å². The van der Waals surface area contributed by atoms with E-state index in [1.807, 2.05) is 13.1 Å². The number of anilines is 1. The number of rotatable bonds is 3. The van der Waals surface area contributed by atoms with Crippen molar-refractivity contribution < 1.29 is 9.18 Å². The van der Waals surface area contributed by atoms with E-state index in [0.29, 0.717) is 12.1 Å². The largest absolute Gasteiger partial charge is 0.329 e. The Morgan fingerprint density at radius 2 is 1.82 bits per heavy atom. The Morgan fingerprint density at radius 3 is 2.36 bits per heavy atom. The molecule has 116 valence electrons. The molecule has 0 saturated heterocycles. The van der Waals surface area contributed by atoms with Crippen molar-refractivity contribution in [1.29, 1.82) is 0 Å². The van der Waals surface area contributed by atoms with Crippen LogP contribution in [0.15, 0.2) is 42.6 Å². The summed E-state index contributed by atoms with van der Waals surface area (Å²) in [6, 6.07) is 9.90. The third kappa shape index (κ3) is 4.95. The van der Waals surface area contributed by atoms with Gasteiger partial charge < -0.3 is 5.32 Å². The fourth-order valence-corrected chi connectivity index (χ4v) is 2.59. The van der Waals surface area contributed by atoms with Crippen molar-refractivity contribution in [2.24, 2.45) is 0 Å². The van der Waals surface area contributed by atoms with Crippen molar-refractivity contribution in [2.45, 2.75) is 38.5 Å². The number of nitrogens with zero attached hydrogens (tertiary/aromatic N) is 1. The van der Waals surface area contributed by atoms with Gasteiger partial charge in [-0.15, -0.1) is 0 Å². The van der Waals surface area contributed by atoms with Crippen LogP contribution < -0.4 is 5.32 Å². The number of amides is 1. The predicted octanol–water partition coefficient (Wildman–Crippen LogP) is 4.44. The summed E-state index contributed by atoms with van der Waals surface area (Å²) in [7, 11) is 0. The van der Waals surface area contributed by atoms with E-state index in [-0.39, 0.29) is 5.82 Å². The zero-order valence-electron chi connectivity index (χ0n) is 12.8. The molecular weight excluding hydrogens is 279 g/mol. The topological polar surface area (TPSA) is 42.0 Å². The Hall–Kier alpha value is -2.23. The molecule has 1 fully saturated rings. The molecule has 0 bridgehead atoms. The molecule has 0 radical (unpaired) electrons. The van der Waals surface area contributed by atoms with Crippen molar-refractivity contribution in [3.63, 3.8) is 0 Å². The SMILES string of the molecule is Cc1ccc(C2CCCC2)cn1.O=CNc1ccc(F)cc1. The average molecular weight is 300 g/mol. The second-order valence-corrected chi connectivity index (χ2v) is 5.48. The van der Waals surface area contributed by atoms with Gasteiger partial charge in [0.25, 0.3) is 0 Å². The standard InChI is InChI=1S/C11H15N.C7H6FNO/c1-9-6-7-11(8-12-9)10-4-2-3-5-10;8-6-1-3-7(4-2-6)9-5-10/h6-8,10H,2-5H2,1H3;1-5H,(H,9,10). The first-order valence-corrected chi connectivity index (χ1v) is 7.57. The first-order valence-electron chi connectivity index (χ1n) is 7.57. The number of aryl methyl sites for hydroxylation is 1. The van der Waals surface area contributed by atoms with Crippen molar-refractivity contribution >= 4 is 12.1 Å². The third-order valence-corrected chi connectivity index (χ3v) is 3.83. The van der Waals surface area contributed by atoms with Gasteiger partial charge >= 0.3 is 0 Å². The Bertz CT molecular complexity index is 575. The fourth-order valence-electron chi connectivity index (χ4n) is 2.59. The minimum atomic E-state index is -0.309. The van der Waals surface area contributed by atoms with Crippen LogP contribution in [-0.2, 0) is 4.79 Å². The normalized spacial score (nSPS) is 14.1. The van der Waals surface area contributed by atoms with E-state index in [9.17, 15) is 9.18 Å². The van der Waals surface area contributed by atoms with Gasteiger partial charge in [-0.25, -0.2) is 4.39 Å². The molecule has 1 aromatic heterocycles. The molecule has 0 atom stereocenters. The quantitative estimate of drug-likeness (QED) is 0.851. The number of benzene rings is 1. The number of aromatic nitrogens is 1. The molecule has 0 unspecified atom stereocenters. The summed E-state index contributed by atoms with van der Waals surface area (Å²) in [6.07, 6.45) is 8.13. The second kappa shape index (κ2) is 8.27. The molecule has 1 aliphatic rings. The summed E-state index contributed by atoms with van der Waals surface area (Å²) in [6.45, 7) is 2.04. The third-order valence-electron chi connectivity index (χ3n) is 3.83. The zero-order chi connectivity index (χ0) is 15.8. The molecule has 1 saturated carbocycles. The van der Waals surface area contributed by atoms with E-state index < -0.39 is 0 Å². The summed E-state index contributed by atoms with van der Waals surface area (Å²) in [5.74, 6) is 0.495. The highest BCUT2D eigenvalue weighted by Crippen LogP contribution is 2.33. The van der Waals surface area contributed by atoms with Crippen LogP contribution in [0, 0.1) is 12.7 Å². The minimum absolute atomic E-state index is 0.309. The summed E-state index contributed by atoms with van der Waals surface area (Å²) in [4.78, 5) is 14.2. The molecule has 1 amide bonds. The minimum Gasteiger partial charge on any atom is -0.329 e. The molecule has 3 nitrogen and oxygen atoms in total. The van der Waals surface area contributed by atoms with Crippen LogP contribution in [0.2, 0.25) is 0 Å². The van der Waals surface area contributed by atoms with Crippen molar-refractivity contribution in [1.82, 2.24) is 4.98 Å². The number of carbonyl (C=O) groups is 1. The molecule has 3 rings (SSSR count). The lowest BCUT2D eigenvalue weighted by molar-refractivity contribution is -0.105. The van der Waals surface area contributed by atoms with E-state index in [1.165, 1.54) is 55.5 Å². The molecule has 22 heavy (non-hydrogen) atoms. The number of pyridine rings is 1. The number of carbonyl (C=O) groups excluding carboxylic acids is 1. The van der Waals surface area contributed by atoms with Crippen LogP contribution in [0.1, 0.15) is 42.9 Å². The lowest BCUT2D eigenvalue weighted by atomic mass is 10.00. The smallest absolute Gasteiger partial charge is 0.211 e. The maximum atomic E-state index is 12.2. The second-order valence-electron chi connectivity index (χ2n) is 5.48. The van der Waals surface area contributed by atoms with Gasteiger partial charge in [0, 0.05) is 17.6 Å². The number of nitrogens with one attached hydrogen (secondary N) is 1.